The molecule has 0 aliphatic carbocycles. The average molecular weight is 395 g/mol. The maximum Gasteiger partial charge on any atom is 0.410 e. The van der Waals surface area contributed by atoms with Crippen molar-refractivity contribution in [1.82, 2.24) is 4.90 Å². The van der Waals surface area contributed by atoms with Crippen molar-refractivity contribution in [2.75, 3.05) is 0 Å². The molecule has 152 valence electrons. The Morgan fingerprint density at radius 3 is 2.41 bits per heavy atom. The lowest BCUT2D eigenvalue weighted by Crippen LogP contribution is -2.48. The molecule has 2 saturated heterocycles. The van der Waals surface area contributed by atoms with E-state index in [-0.39, 0.29) is 42.3 Å². The maximum atomic E-state index is 13.3. The second kappa shape index (κ2) is 8.36. The number of hydrogen-bond acceptors (Lipinski definition) is 3. The van der Waals surface area contributed by atoms with Crippen LogP contribution in [0.1, 0.15) is 42.4 Å². The third-order valence-corrected chi connectivity index (χ3v) is 6.27. The minimum atomic E-state index is -0.279. The number of hydrogen-bond donors (Lipinski definition) is 0. The van der Waals surface area contributed by atoms with Crippen molar-refractivity contribution in [3.05, 3.63) is 71.0 Å². The van der Waals surface area contributed by atoms with Gasteiger partial charge in [0.15, 0.2) is 0 Å². The Labute approximate surface area is 170 Å². The van der Waals surface area contributed by atoms with Gasteiger partial charge in [-0.2, -0.15) is 0 Å². The van der Waals surface area contributed by atoms with E-state index in [1.165, 1.54) is 12.1 Å². The molecule has 2 fully saturated rings. The van der Waals surface area contributed by atoms with E-state index in [1.807, 2.05) is 42.2 Å². The van der Waals surface area contributed by atoms with Crippen molar-refractivity contribution < 1.29 is 18.7 Å². The predicted octanol–water partition coefficient (Wildman–Crippen LogP) is 4.83. The number of amides is 1. The van der Waals surface area contributed by atoms with E-state index < -0.39 is 0 Å². The molecule has 2 heterocycles. The summed E-state index contributed by atoms with van der Waals surface area (Å²) in [6.07, 6.45) is 3.27. The molecule has 1 amide bonds. The molecule has 0 radical (unpaired) electrons. The van der Waals surface area contributed by atoms with Crippen molar-refractivity contribution in [2.45, 2.75) is 57.7 Å². The molecule has 2 aromatic rings. The lowest BCUT2D eigenvalue weighted by molar-refractivity contribution is -0.124. The molecule has 2 unspecified atom stereocenters. The van der Waals surface area contributed by atoms with Gasteiger partial charge in [0.25, 0.3) is 0 Å². The maximum absolute atomic E-state index is 13.3. The van der Waals surface area contributed by atoms with Crippen molar-refractivity contribution in [2.24, 2.45) is 5.92 Å². The van der Waals surface area contributed by atoms with Gasteiger partial charge in [-0.3, -0.25) is 4.79 Å². The number of benzene rings is 2. The standard InChI is InChI=1S/C24H26FNO3/c1-16-11-20(25)8-7-18(16)14-23(27)19-12-21-9-10-22(13-19)26(21)24(28)29-15-17-5-3-2-4-6-17/h2-8,11,19,21-22H,9-10,12-15H2,1H3. The van der Waals surface area contributed by atoms with Crippen LogP contribution in [0.25, 0.3) is 0 Å². The van der Waals surface area contributed by atoms with Gasteiger partial charge in [-0.05, 0) is 61.4 Å². The molecule has 2 bridgehead atoms. The van der Waals surface area contributed by atoms with Crippen LogP contribution in [0.4, 0.5) is 9.18 Å². The minimum absolute atomic E-state index is 0.0462. The third kappa shape index (κ3) is 4.34. The number of Topliss-reactive ketones (excluding diaryl/α,β-unsaturated/α-hetero) is 1. The number of rotatable bonds is 5. The minimum Gasteiger partial charge on any atom is -0.445 e. The first kappa shape index (κ1) is 19.6. The Kier molecular flexibility index (Phi) is 5.65. The Hall–Kier alpha value is -2.69. The summed E-state index contributed by atoms with van der Waals surface area (Å²) >= 11 is 0. The van der Waals surface area contributed by atoms with Crippen LogP contribution in [0.3, 0.4) is 0 Å². The van der Waals surface area contributed by atoms with Crippen LogP contribution in [-0.2, 0) is 22.6 Å². The molecule has 0 spiro atoms. The largest absolute Gasteiger partial charge is 0.445 e. The van der Waals surface area contributed by atoms with Crippen LogP contribution >= 0.6 is 0 Å². The molecule has 2 aromatic carbocycles. The summed E-state index contributed by atoms with van der Waals surface area (Å²) in [5.41, 5.74) is 2.66. The van der Waals surface area contributed by atoms with Gasteiger partial charge in [0, 0.05) is 24.4 Å². The van der Waals surface area contributed by atoms with Crippen molar-refractivity contribution >= 4 is 11.9 Å². The molecule has 4 nitrogen and oxygen atoms in total. The fourth-order valence-electron chi connectivity index (χ4n) is 4.72. The van der Waals surface area contributed by atoms with E-state index in [0.717, 1.165) is 29.5 Å². The SMILES string of the molecule is Cc1cc(F)ccc1CC(=O)C1CC2CCC(C1)N2C(=O)OCc1ccccc1. The zero-order valence-electron chi connectivity index (χ0n) is 16.6. The van der Waals surface area contributed by atoms with Crippen LogP contribution < -0.4 is 0 Å². The first-order valence-electron chi connectivity index (χ1n) is 10.3. The second-order valence-corrected chi connectivity index (χ2v) is 8.21. The molecular formula is C24H26FNO3. The number of halogens is 1. The highest BCUT2D eigenvalue weighted by molar-refractivity contribution is 5.84. The van der Waals surface area contributed by atoms with Gasteiger partial charge in [0.05, 0.1) is 0 Å². The molecule has 0 aromatic heterocycles. The van der Waals surface area contributed by atoms with Crippen LogP contribution in [0, 0.1) is 18.7 Å². The lowest BCUT2D eigenvalue weighted by atomic mass is 9.85. The number of carbonyl (C=O) groups is 2. The van der Waals surface area contributed by atoms with E-state index in [4.69, 9.17) is 4.74 Å². The Morgan fingerprint density at radius 1 is 1.07 bits per heavy atom. The van der Waals surface area contributed by atoms with Gasteiger partial charge in [0.2, 0.25) is 0 Å². The molecule has 0 N–H and O–H groups in total. The fraction of sp³-hybridized carbons (Fsp3) is 0.417. The highest BCUT2D eigenvalue weighted by atomic mass is 19.1. The highest BCUT2D eigenvalue weighted by Gasteiger charge is 2.45. The molecule has 0 saturated carbocycles. The van der Waals surface area contributed by atoms with Gasteiger partial charge < -0.3 is 9.64 Å². The molecule has 2 aliphatic rings. The van der Waals surface area contributed by atoms with Crippen molar-refractivity contribution in [1.29, 1.82) is 0 Å². The smallest absolute Gasteiger partial charge is 0.410 e. The molecule has 2 aliphatic heterocycles. The number of aryl methyl sites for hydroxylation is 1. The summed E-state index contributed by atoms with van der Waals surface area (Å²) in [4.78, 5) is 27.4. The van der Waals surface area contributed by atoms with E-state index in [0.29, 0.717) is 19.3 Å². The second-order valence-electron chi connectivity index (χ2n) is 8.21. The summed E-state index contributed by atoms with van der Waals surface area (Å²) in [7, 11) is 0. The molecule has 4 rings (SSSR count). The van der Waals surface area contributed by atoms with E-state index in [9.17, 15) is 14.0 Å². The van der Waals surface area contributed by atoms with Gasteiger partial charge in [-0.25, -0.2) is 9.18 Å². The van der Waals surface area contributed by atoms with Crippen molar-refractivity contribution in [3.8, 4) is 0 Å². The summed E-state index contributed by atoms with van der Waals surface area (Å²) in [6.45, 7) is 2.10. The summed E-state index contributed by atoms with van der Waals surface area (Å²) in [5.74, 6) is -0.136. The molecule has 5 heteroatoms. The number of piperidine rings is 1. The monoisotopic (exact) mass is 395 g/mol. The normalized spacial score (nSPS) is 23.1. The van der Waals surface area contributed by atoms with Gasteiger partial charge in [-0.1, -0.05) is 36.4 Å². The predicted molar refractivity (Wildman–Crippen MR) is 108 cm³/mol. The Morgan fingerprint density at radius 2 is 1.76 bits per heavy atom. The van der Waals surface area contributed by atoms with Crippen LogP contribution in [0.2, 0.25) is 0 Å². The molecule has 2 atom stereocenters. The van der Waals surface area contributed by atoms with Crippen LogP contribution in [0.5, 0.6) is 0 Å². The lowest BCUT2D eigenvalue weighted by Gasteiger charge is -2.37. The Bertz CT molecular complexity index is 884. The number of carbonyl (C=O) groups excluding carboxylic acids is 2. The number of ether oxygens (including phenoxy) is 1. The van der Waals surface area contributed by atoms with Crippen molar-refractivity contribution in [3.63, 3.8) is 0 Å². The van der Waals surface area contributed by atoms with Gasteiger partial charge >= 0.3 is 6.09 Å². The fourth-order valence-corrected chi connectivity index (χ4v) is 4.72. The Balaban J connectivity index is 1.35. The zero-order chi connectivity index (χ0) is 20.4. The third-order valence-electron chi connectivity index (χ3n) is 6.27. The van der Waals surface area contributed by atoms with E-state index in [2.05, 4.69) is 0 Å². The quantitative estimate of drug-likeness (QED) is 0.729. The van der Waals surface area contributed by atoms with Gasteiger partial charge in [-0.15, -0.1) is 0 Å². The molecular weight excluding hydrogens is 369 g/mol. The molecule has 29 heavy (non-hydrogen) atoms. The highest BCUT2D eigenvalue weighted by Crippen LogP contribution is 2.40. The van der Waals surface area contributed by atoms with Crippen LogP contribution in [0.15, 0.2) is 48.5 Å². The zero-order valence-corrected chi connectivity index (χ0v) is 16.6. The summed E-state index contributed by atoms with van der Waals surface area (Å²) < 4.78 is 18.8. The average Bonchev–Trinajstić information content (AvgIpc) is 2.98. The summed E-state index contributed by atoms with van der Waals surface area (Å²) in [6, 6.07) is 14.4. The summed E-state index contributed by atoms with van der Waals surface area (Å²) in [5, 5.41) is 0. The number of nitrogens with zero attached hydrogens (tertiary/aromatic N) is 1. The van der Waals surface area contributed by atoms with E-state index in [1.54, 1.807) is 6.07 Å². The number of ketones is 1. The topological polar surface area (TPSA) is 46.6 Å². The number of fused-ring (bicyclic) bond motifs is 2. The van der Waals surface area contributed by atoms with Gasteiger partial charge in [0.1, 0.15) is 18.2 Å². The van der Waals surface area contributed by atoms with Crippen LogP contribution in [-0.4, -0.2) is 28.9 Å². The van der Waals surface area contributed by atoms with E-state index >= 15 is 0 Å². The first-order chi connectivity index (χ1) is 14.0. The first-order valence-corrected chi connectivity index (χ1v) is 10.3.